The highest BCUT2D eigenvalue weighted by molar-refractivity contribution is 7.98. The van der Waals surface area contributed by atoms with Gasteiger partial charge in [-0.15, -0.1) is 0 Å². The molecule has 1 aliphatic rings. The van der Waals surface area contributed by atoms with Gasteiger partial charge < -0.3 is 36.6 Å². The van der Waals surface area contributed by atoms with Gasteiger partial charge in [-0.05, 0) is 44.6 Å². The van der Waals surface area contributed by atoms with E-state index in [1.807, 2.05) is 0 Å². The van der Waals surface area contributed by atoms with Gasteiger partial charge in [-0.1, -0.05) is 0 Å². The number of hydrogen-bond donors (Lipinski definition) is 6. The molecule has 1 saturated heterocycles. The second kappa shape index (κ2) is 13.2. The summed E-state index contributed by atoms with van der Waals surface area (Å²) in [4.78, 5) is 61.7. The van der Waals surface area contributed by atoms with Crippen LogP contribution in [-0.4, -0.2) is 98.7 Å². The maximum atomic E-state index is 12.8. The maximum Gasteiger partial charge on any atom is 0.326 e. The molecule has 1 rings (SSSR count). The minimum absolute atomic E-state index is 0.157. The summed E-state index contributed by atoms with van der Waals surface area (Å²) in [5.74, 6) is -4.04. The summed E-state index contributed by atoms with van der Waals surface area (Å²) in [7, 11) is 0. The summed E-state index contributed by atoms with van der Waals surface area (Å²) in [6.07, 6.45) is 0.964. The number of rotatable bonds is 13. The Bertz CT molecular complexity index is 705. The zero-order valence-electron chi connectivity index (χ0n) is 18.2. The summed E-state index contributed by atoms with van der Waals surface area (Å²) in [6.45, 7) is 1.61. The number of nitrogens with two attached hydrogens (primary N) is 1. The minimum Gasteiger partial charge on any atom is -0.481 e. The van der Waals surface area contributed by atoms with Crippen LogP contribution in [0.5, 0.6) is 0 Å². The zero-order chi connectivity index (χ0) is 24.4. The minimum atomic E-state index is -1.29. The molecule has 1 heterocycles. The van der Waals surface area contributed by atoms with E-state index in [9.17, 15) is 34.2 Å². The number of aliphatic hydroxyl groups excluding tert-OH is 1. The van der Waals surface area contributed by atoms with E-state index >= 15 is 0 Å². The lowest BCUT2D eigenvalue weighted by Crippen LogP contribution is -2.57. The molecule has 0 saturated carbocycles. The van der Waals surface area contributed by atoms with Crippen molar-refractivity contribution in [3.8, 4) is 0 Å². The molecule has 1 aliphatic heterocycles. The molecule has 13 heteroatoms. The third kappa shape index (κ3) is 8.28. The smallest absolute Gasteiger partial charge is 0.326 e. The highest BCUT2D eigenvalue weighted by Gasteiger charge is 2.38. The molecule has 3 amide bonds. The summed E-state index contributed by atoms with van der Waals surface area (Å²) in [6, 6.07) is -4.62. The number of carboxylic acid groups (broad SMARTS) is 2. The molecule has 5 atom stereocenters. The highest BCUT2D eigenvalue weighted by Crippen LogP contribution is 2.19. The van der Waals surface area contributed by atoms with Crippen LogP contribution < -0.4 is 16.4 Å². The van der Waals surface area contributed by atoms with Gasteiger partial charge in [-0.25, -0.2) is 4.79 Å². The van der Waals surface area contributed by atoms with E-state index < -0.39 is 66.4 Å². The van der Waals surface area contributed by atoms with Crippen LogP contribution in [0.4, 0.5) is 0 Å². The van der Waals surface area contributed by atoms with Crippen LogP contribution in [0.25, 0.3) is 0 Å². The third-order valence-corrected chi connectivity index (χ3v) is 5.79. The first-order valence-corrected chi connectivity index (χ1v) is 11.7. The summed E-state index contributed by atoms with van der Waals surface area (Å²) >= 11 is 1.40. The van der Waals surface area contributed by atoms with E-state index in [2.05, 4.69) is 10.6 Å². The number of nitrogens with zero attached hydrogens (tertiary/aromatic N) is 1. The first-order chi connectivity index (χ1) is 15.0. The number of carbonyl (C=O) groups excluding carboxylic acids is 3. The molecule has 0 aliphatic carbocycles. The van der Waals surface area contributed by atoms with Gasteiger partial charge >= 0.3 is 11.9 Å². The van der Waals surface area contributed by atoms with Gasteiger partial charge in [0, 0.05) is 13.0 Å². The number of carboxylic acids is 2. The Kier molecular flexibility index (Phi) is 11.4. The summed E-state index contributed by atoms with van der Waals surface area (Å²) in [5, 5.41) is 32.7. The Balaban J connectivity index is 2.93. The first kappa shape index (κ1) is 27.7. The second-order valence-electron chi connectivity index (χ2n) is 7.63. The molecule has 0 radical (unpaired) electrons. The number of carbonyl (C=O) groups is 5. The molecule has 32 heavy (non-hydrogen) atoms. The lowest BCUT2D eigenvalue weighted by molar-refractivity contribution is -0.144. The molecule has 182 valence electrons. The number of hydrogen-bond acceptors (Lipinski definition) is 8. The molecule has 0 spiro atoms. The van der Waals surface area contributed by atoms with Crippen molar-refractivity contribution in [2.75, 3.05) is 18.6 Å². The predicted molar refractivity (Wildman–Crippen MR) is 116 cm³/mol. The molecule has 5 unspecified atom stereocenters. The molecular weight excluding hydrogens is 444 g/mol. The third-order valence-electron chi connectivity index (χ3n) is 5.15. The first-order valence-electron chi connectivity index (χ1n) is 10.3. The largest absolute Gasteiger partial charge is 0.481 e. The molecular formula is C19H32N4O8S. The zero-order valence-corrected chi connectivity index (χ0v) is 19.0. The van der Waals surface area contributed by atoms with Crippen LogP contribution in [0, 0.1) is 0 Å². The van der Waals surface area contributed by atoms with Gasteiger partial charge in [-0.2, -0.15) is 11.8 Å². The summed E-state index contributed by atoms with van der Waals surface area (Å²) in [5.41, 5.74) is 5.70. The van der Waals surface area contributed by atoms with Crippen molar-refractivity contribution in [2.45, 2.75) is 69.3 Å². The maximum absolute atomic E-state index is 12.8. The Morgan fingerprint density at radius 2 is 1.78 bits per heavy atom. The Labute approximate surface area is 190 Å². The Morgan fingerprint density at radius 1 is 1.12 bits per heavy atom. The van der Waals surface area contributed by atoms with E-state index in [0.717, 1.165) is 0 Å². The molecule has 1 fully saturated rings. The van der Waals surface area contributed by atoms with Gasteiger partial charge in [0.1, 0.15) is 24.2 Å². The van der Waals surface area contributed by atoms with Crippen molar-refractivity contribution >= 4 is 41.4 Å². The van der Waals surface area contributed by atoms with Crippen molar-refractivity contribution in [1.82, 2.24) is 15.5 Å². The van der Waals surface area contributed by atoms with E-state index in [1.54, 1.807) is 6.26 Å². The lowest BCUT2D eigenvalue weighted by Gasteiger charge is -2.29. The van der Waals surface area contributed by atoms with E-state index in [1.165, 1.54) is 23.6 Å². The van der Waals surface area contributed by atoms with Gasteiger partial charge in [-0.3, -0.25) is 19.2 Å². The van der Waals surface area contributed by atoms with Gasteiger partial charge in [0.25, 0.3) is 0 Å². The number of nitrogens with one attached hydrogen (secondary N) is 2. The number of thioether (sulfide) groups is 1. The Hall–Kier alpha value is -2.38. The van der Waals surface area contributed by atoms with Crippen LogP contribution in [0.1, 0.15) is 39.0 Å². The topological polar surface area (TPSA) is 199 Å². The number of likely N-dealkylation sites (tertiary alicyclic amines) is 1. The lowest BCUT2D eigenvalue weighted by atomic mass is 10.1. The molecule has 12 nitrogen and oxygen atoms in total. The quantitative estimate of drug-likeness (QED) is 0.179. The van der Waals surface area contributed by atoms with Crippen molar-refractivity contribution in [3.05, 3.63) is 0 Å². The fraction of sp³-hybridized carbons (Fsp3) is 0.737. The van der Waals surface area contributed by atoms with Crippen LogP contribution in [0.15, 0.2) is 0 Å². The molecule has 7 N–H and O–H groups in total. The van der Waals surface area contributed by atoms with Crippen LogP contribution >= 0.6 is 11.8 Å². The fourth-order valence-electron chi connectivity index (χ4n) is 3.27. The number of aliphatic carboxylic acids is 2. The van der Waals surface area contributed by atoms with Crippen molar-refractivity contribution in [3.63, 3.8) is 0 Å². The fourth-order valence-corrected chi connectivity index (χ4v) is 3.74. The average Bonchev–Trinajstić information content (AvgIpc) is 3.22. The SMILES string of the molecule is CSCCC(NC(=O)C(CCC(=O)O)NC(=O)C1CCCN1C(=O)C(N)C(C)O)C(=O)O. The van der Waals surface area contributed by atoms with E-state index in [4.69, 9.17) is 10.8 Å². The molecule has 0 aromatic rings. The van der Waals surface area contributed by atoms with Crippen LogP contribution in [0.2, 0.25) is 0 Å². The Morgan fingerprint density at radius 3 is 2.31 bits per heavy atom. The van der Waals surface area contributed by atoms with Gasteiger partial charge in [0.05, 0.1) is 6.10 Å². The van der Waals surface area contributed by atoms with Crippen LogP contribution in [-0.2, 0) is 24.0 Å². The van der Waals surface area contributed by atoms with E-state index in [0.29, 0.717) is 18.6 Å². The molecule has 0 aromatic heterocycles. The van der Waals surface area contributed by atoms with Crippen molar-refractivity contribution in [2.24, 2.45) is 5.73 Å². The molecule has 0 bridgehead atoms. The normalized spacial score (nSPS) is 19.5. The second-order valence-corrected chi connectivity index (χ2v) is 8.62. The monoisotopic (exact) mass is 476 g/mol. The number of amides is 3. The summed E-state index contributed by atoms with van der Waals surface area (Å²) < 4.78 is 0. The predicted octanol–water partition coefficient (Wildman–Crippen LogP) is -1.64. The average molecular weight is 477 g/mol. The van der Waals surface area contributed by atoms with Crippen molar-refractivity contribution < 1.29 is 39.3 Å². The molecule has 0 aromatic carbocycles. The van der Waals surface area contributed by atoms with Crippen molar-refractivity contribution in [1.29, 1.82) is 0 Å². The van der Waals surface area contributed by atoms with E-state index in [-0.39, 0.29) is 19.4 Å². The highest BCUT2D eigenvalue weighted by atomic mass is 32.2. The number of aliphatic hydroxyl groups is 1. The van der Waals surface area contributed by atoms with Gasteiger partial charge in [0.15, 0.2) is 0 Å². The standard InChI is InChI=1S/C19H32N4O8S/c1-10(24)15(20)18(29)23-8-3-4-13(23)17(28)21-11(5-6-14(25)26)16(27)22-12(19(30)31)7-9-32-2/h10-13,15,24H,3-9,20H2,1-2H3,(H,21,28)(H,22,27)(H,25,26)(H,30,31). The van der Waals surface area contributed by atoms with Crippen LogP contribution in [0.3, 0.4) is 0 Å². The van der Waals surface area contributed by atoms with Gasteiger partial charge in [0.2, 0.25) is 17.7 Å².